The van der Waals surface area contributed by atoms with Gasteiger partial charge in [-0.2, -0.15) is 0 Å². The highest BCUT2D eigenvalue weighted by molar-refractivity contribution is 7.21. The molecule has 0 spiro atoms. The smallest absolute Gasteiger partial charge is 0.322 e. The van der Waals surface area contributed by atoms with Crippen LogP contribution in [0.2, 0.25) is 0 Å². The number of pyridine rings is 1. The lowest BCUT2D eigenvalue weighted by Gasteiger charge is -2.06. The van der Waals surface area contributed by atoms with E-state index in [4.69, 9.17) is 10.8 Å². The Hall–Kier alpha value is -2.03. The molecule has 0 saturated heterocycles. The van der Waals surface area contributed by atoms with Crippen LogP contribution in [0.5, 0.6) is 0 Å². The van der Waals surface area contributed by atoms with Crippen LogP contribution in [0.25, 0.3) is 10.2 Å². The maximum Gasteiger partial charge on any atom is 0.322 e. The van der Waals surface area contributed by atoms with Crippen LogP contribution in [-0.4, -0.2) is 39.7 Å². The first-order chi connectivity index (χ1) is 9.52. The van der Waals surface area contributed by atoms with E-state index in [2.05, 4.69) is 10.3 Å². The lowest BCUT2D eigenvalue weighted by Crippen LogP contribution is -2.42. The fourth-order valence-corrected chi connectivity index (χ4v) is 2.64. The van der Waals surface area contributed by atoms with E-state index in [1.54, 1.807) is 18.3 Å². The number of aliphatic carboxylic acids is 1. The molecule has 0 fully saturated rings. The number of hydrogen-bond donors (Lipinski definition) is 4. The number of aliphatic hydroxyl groups is 1. The molecule has 2 aromatic rings. The Balaban J connectivity index is 2.17. The van der Waals surface area contributed by atoms with E-state index in [0.717, 1.165) is 4.70 Å². The molecular weight excluding hydrogens is 282 g/mol. The Morgan fingerprint density at radius 1 is 1.50 bits per heavy atom. The van der Waals surface area contributed by atoms with Gasteiger partial charge in [0, 0.05) is 12.7 Å². The van der Waals surface area contributed by atoms with Gasteiger partial charge in [0.05, 0.1) is 21.7 Å². The summed E-state index contributed by atoms with van der Waals surface area (Å²) in [7, 11) is 0. The third-order valence-corrected chi connectivity index (χ3v) is 3.89. The van der Waals surface area contributed by atoms with Gasteiger partial charge in [-0.3, -0.25) is 14.6 Å². The molecule has 1 amide bonds. The Morgan fingerprint density at radius 3 is 2.90 bits per heavy atom. The third kappa shape index (κ3) is 2.93. The lowest BCUT2D eigenvalue weighted by atomic mass is 10.2. The summed E-state index contributed by atoms with van der Waals surface area (Å²) in [5.41, 5.74) is 6.62. The molecule has 0 radical (unpaired) electrons. The maximum absolute atomic E-state index is 11.9. The molecule has 2 aromatic heterocycles. The minimum atomic E-state index is -1.18. The van der Waals surface area contributed by atoms with E-state index in [-0.39, 0.29) is 13.2 Å². The van der Waals surface area contributed by atoms with E-state index < -0.39 is 17.9 Å². The van der Waals surface area contributed by atoms with Gasteiger partial charge in [0.1, 0.15) is 6.04 Å². The van der Waals surface area contributed by atoms with Crippen LogP contribution < -0.4 is 11.1 Å². The summed E-state index contributed by atoms with van der Waals surface area (Å²) in [4.78, 5) is 27.0. The van der Waals surface area contributed by atoms with Crippen molar-refractivity contribution in [3.8, 4) is 0 Å². The summed E-state index contributed by atoms with van der Waals surface area (Å²) in [6.07, 6.45) is 1.56. The normalized spacial score (nSPS) is 12.3. The highest BCUT2D eigenvalue weighted by atomic mass is 32.1. The zero-order chi connectivity index (χ0) is 14.7. The van der Waals surface area contributed by atoms with Crippen LogP contribution in [0.1, 0.15) is 15.2 Å². The molecule has 0 aliphatic heterocycles. The average molecular weight is 295 g/mol. The minimum Gasteiger partial charge on any atom is -0.480 e. The predicted octanol–water partition coefficient (Wildman–Crippen LogP) is -0.0697. The highest BCUT2D eigenvalue weighted by Crippen LogP contribution is 2.27. The molecule has 2 heterocycles. The van der Waals surface area contributed by atoms with E-state index in [1.807, 2.05) is 0 Å². The molecule has 8 heteroatoms. The molecule has 0 saturated carbocycles. The molecular formula is C12H13N3O4S. The Kier molecular flexibility index (Phi) is 4.28. The number of nitrogens with one attached hydrogen (secondary N) is 1. The number of nitrogens with zero attached hydrogens (tertiary/aromatic N) is 1. The number of hydrogen-bond acceptors (Lipinski definition) is 6. The van der Waals surface area contributed by atoms with Crippen molar-refractivity contribution in [2.75, 3.05) is 6.54 Å². The fourth-order valence-electron chi connectivity index (χ4n) is 1.60. The van der Waals surface area contributed by atoms with Gasteiger partial charge in [-0.05, 0) is 17.7 Å². The number of thiophene rings is 1. The second-order valence-electron chi connectivity index (χ2n) is 4.11. The van der Waals surface area contributed by atoms with Crippen molar-refractivity contribution < 1.29 is 19.8 Å². The number of carbonyl (C=O) groups is 2. The Bertz CT molecular complexity index is 655. The lowest BCUT2D eigenvalue weighted by molar-refractivity contribution is -0.138. The Morgan fingerprint density at radius 2 is 2.25 bits per heavy atom. The number of rotatable bonds is 5. The molecule has 0 unspecified atom stereocenters. The summed E-state index contributed by atoms with van der Waals surface area (Å²) < 4.78 is 0.739. The number of aromatic nitrogens is 1. The monoisotopic (exact) mass is 295 g/mol. The highest BCUT2D eigenvalue weighted by Gasteiger charge is 2.16. The van der Waals surface area contributed by atoms with Gasteiger partial charge < -0.3 is 21.3 Å². The van der Waals surface area contributed by atoms with Crippen LogP contribution in [0.15, 0.2) is 18.3 Å². The van der Waals surface area contributed by atoms with Crippen molar-refractivity contribution in [2.24, 2.45) is 5.73 Å². The number of carbonyl (C=O) groups excluding carboxylic acids is 1. The van der Waals surface area contributed by atoms with Crippen LogP contribution in [0.4, 0.5) is 0 Å². The summed E-state index contributed by atoms with van der Waals surface area (Å²) in [6.45, 7) is -0.285. The Labute approximate surface area is 118 Å². The molecule has 20 heavy (non-hydrogen) atoms. The number of amides is 1. The van der Waals surface area contributed by atoms with Gasteiger partial charge >= 0.3 is 5.97 Å². The topological polar surface area (TPSA) is 126 Å². The fraction of sp³-hybridized carbons (Fsp3) is 0.250. The standard InChI is InChI=1S/C12H13N3O4S/c13-7(12(18)19)4-15-11(17)9-3-8-10(20-9)6(5-16)1-2-14-8/h1-3,7,16H,4-5,13H2,(H,15,17)(H,18,19)/t7-/m1/s1. The number of fused-ring (bicyclic) bond motifs is 1. The van der Waals surface area contributed by atoms with Crippen molar-refractivity contribution >= 4 is 33.4 Å². The van der Waals surface area contributed by atoms with Crippen molar-refractivity contribution in [3.63, 3.8) is 0 Å². The first-order valence-electron chi connectivity index (χ1n) is 5.77. The van der Waals surface area contributed by atoms with Crippen molar-refractivity contribution in [2.45, 2.75) is 12.6 Å². The summed E-state index contributed by atoms with van der Waals surface area (Å²) in [5, 5.41) is 20.3. The maximum atomic E-state index is 11.9. The first kappa shape index (κ1) is 14.4. The molecule has 106 valence electrons. The molecule has 7 nitrogen and oxygen atoms in total. The summed E-state index contributed by atoms with van der Waals surface area (Å²) in [6, 6.07) is 2.14. The SMILES string of the molecule is N[C@H](CNC(=O)c1cc2nccc(CO)c2s1)C(=O)O. The largest absolute Gasteiger partial charge is 0.480 e. The van der Waals surface area contributed by atoms with Gasteiger partial charge in [0.15, 0.2) is 0 Å². The number of carboxylic acid groups (broad SMARTS) is 1. The van der Waals surface area contributed by atoms with E-state index >= 15 is 0 Å². The summed E-state index contributed by atoms with van der Waals surface area (Å²) in [5.74, 6) is -1.58. The molecule has 2 rings (SSSR count). The molecule has 0 aliphatic rings. The van der Waals surface area contributed by atoms with Gasteiger partial charge in [-0.1, -0.05) is 0 Å². The average Bonchev–Trinajstić information content (AvgIpc) is 2.87. The van der Waals surface area contributed by atoms with E-state index in [9.17, 15) is 14.7 Å². The second kappa shape index (κ2) is 5.95. The van der Waals surface area contributed by atoms with E-state index in [1.165, 1.54) is 11.3 Å². The molecule has 0 aromatic carbocycles. The van der Waals surface area contributed by atoms with Crippen LogP contribution >= 0.6 is 11.3 Å². The molecule has 5 N–H and O–H groups in total. The van der Waals surface area contributed by atoms with Crippen LogP contribution in [-0.2, 0) is 11.4 Å². The summed E-state index contributed by atoms with van der Waals surface area (Å²) >= 11 is 1.19. The third-order valence-electron chi connectivity index (χ3n) is 2.69. The van der Waals surface area contributed by atoms with Crippen molar-refractivity contribution in [1.29, 1.82) is 0 Å². The number of nitrogens with two attached hydrogens (primary N) is 1. The quantitative estimate of drug-likeness (QED) is 0.612. The van der Waals surface area contributed by atoms with Gasteiger partial charge in [-0.25, -0.2) is 0 Å². The van der Waals surface area contributed by atoms with Gasteiger partial charge in [0.2, 0.25) is 0 Å². The molecule has 0 aliphatic carbocycles. The predicted molar refractivity (Wildman–Crippen MR) is 73.5 cm³/mol. The van der Waals surface area contributed by atoms with Gasteiger partial charge in [0.25, 0.3) is 5.91 Å². The zero-order valence-corrected chi connectivity index (χ0v) is 11.2. The van der Waals surface area contributed by atoms with Crippen molar-refractivity contribution in [3.05, 3.63) is 28.8 Å². The van der Waals surface area contributed by atoms with Crippen molar-refractivity contribution in [1.82, 2.24) is 10.3 Å². The van der Waals surface area contributed by atoms with E-state index in [0.29, 0.717) is 16.0 Å². The van der Waals surface area contributed by atoms with Gasteiger partial charge in [-0.15, -0.1) is 11.3 Å². The first-order valence-corrected chi connectivity index (χ1v) is 6.59. The second-order valence-corrected chi connectivity index (χ2v) is 5.16. The number of carboxylic acids is 1. The van der Waals surface area contributed by atoms with Crippen LogP contribution in [0.3, 0.4) is 0 Å². The molecule has 1 atom stereocenters. The van der Waals surface area contributed by atoms with Crippen LogP contribution in [0, 0.1) is 0 Å². The molecule has 0 bridgehead atoms. The zero-order valence-electron chi connectivity index (χ0n) is 10.4. The minimum absolute atomic E-state index is 0.134. The number of aliphatic hydroxyl groups excluding tert-OH is 1.